The SMILES string of the molecule is CC(C)NC(=O)N1CCCSCC1CN1CCOCC1. The van der Waals surface area contributed by atoms with Crippen molar-refractivity contribution in [2.45, 2.75) is 32.4 Å². The maximum absolute atomic E-state index is 12.4. The minimum atomic E-state index is 0.0979. The average Bonchev–Trinajstić information content (AvgIpc) is 2.64. The largest absolute Gasteiger partial charge is 0.379 e. The zero-order valence-electron chi connectivity index (χ0n) is 12.6. The molecule has 1 unspecified atom stereocenters. The third-order valence-electron chi connectivity index (χ3n) is 3.68. The number of hydrogen-bond donors (Lipinski definition) is 1. The van der Waals surface area contributed by atoms with Crippen molar-refractivity contribution >= 4 is 17.8 Å². The first-order chi connectivity index (χ1) is 9.66. The number of carbonyl (C=O) groups excluding carboxylic acids is 1. The number of amides is 2. The minimum absolute atomic E-state index is 0.0979. The number of hydrogen-bond acceptors (Lipinski definition) is 4. The Hall–Kier alpha value is -0.460. The third-order valence-corrected chi connectivity index (χ3v) is 4.88. The van der Waals surface area contributed by atoms with Crippen LogP contribution in [0.5, 0.6) is 0 Å². The number of thioether (sulfide) groups is 1. The number of nitrogens with zero attached hydrogens (tertiary/aromatic N) is 2. The van der Waals surface area contributed by atoms with Crippen molar-refractivity contribution in [1.29, 1.82) is 0 Å². The molecule has 6 heteroatoms. The number of nitrogens with one attached hydrogen (secondary N) is 1. The normalized spacial score (nSPS) is 25.6. The first-order valence-electron chi connectivity index (χ1n) is 7.62. The lowest BCUT2D eigenvalue weighted by Gasteiger charge is -2.36. The number of morpholine rings is 1. The van der Waals surface area contributed by atoms with Crippen LogP contribution in [-0.4, -0.2) is 78.8 Å². The highest BCUT2D eigenvalue weighted by Crippen LogP contribution is 2.18. The van der Waals surface area contributed by atoms with Gasteiger partial charge in [0.15, 0.2) is 0 Å². The fourth-order valence-corrected chi connectivity index (χ4v) is 3.72. The number of carbonyl (C=O) groups is 1. The van der Waals surface area contributed by atoms with Gasteiger partial charge in [-0.3, -0.25) is 4.90 Å². The molecule has 2 amide bonds. The van der Waals surface area contributed by atoms with Crippen LogP contribution in [-0.2, 0) is 4.74 Å². The van der Waals surface area contributed by atoms with Crippen molar-refractivity contribution in [1.82, 2.24) is 15.1 Å². The molecule has 0 bridgehead atoms. The summed E-state index contributed by atoms with van der Waals surface area (Å²) < 4.78 is 5.40. The van der Waals surface area contributed by atoms with Gasteiger partial charge in [0.05, 0.1) is 19.3 Å². The van der Waals surface area contributed by atoms with Crippen LogP contribution >= 0.6 is 11.8 Å². The van der Waals surface area contributed by atoms with Crippen molar-refractivity contribution < 1.29 is 9.53 Å². The van der Waals surface area contributed by atoms with E-state index in [1.165, 1.54) is 0 Å². The molecule has 116 valence electrons. The predicted octanol–water partition coefficient (Wildman–Crippen LogP) is 1.24. The Labute approximate surface area is 126 Å². The lowest BCUT2D eigenvalue weighted by atomic mass is 10.2. The van der Waals surface area contributed by atoms with Gasteiger partial charge in [-0.05, 0) is 26.0 Å². The van der Waals surface area contributed by atoms with E-state index in [0.29, 0.717) is 6.04 Å². The van der Waals surface area contributed by atoms with E-state index in [-0.39, 0.29) is 12.1 Å². The second-order valence-electron chi connectivity index (χ2n) is 5.79. The van der Waals surface area contributed by atoms with E-state index in [1.54, 1.807) is 0 Å². The van der Waals surface area contributed by atoms with Gasteiger partial charge in [-0.2, -0.15) is 11.8 Å². The summed E-state index contributed by atoms with van der Waals surface area (Å²) in [6.07, 6.45) is 1.09. The quantitative estimate of drug-likeness (QED) is 0.852. The molecular formula is C14H27N3O2S. The Morgan fingerprint density at radius 2 is 2.10 bits per heavy atom. The standard InChI is InChI=1S/C14H27N3O2S/c1-12(2)15-14(18)17-4-3-9-20-11-13(17)10-16-5-7-19-8-6-16/h12-13H,3-11H2,1-2H3,(H,15,18). The maximum atomic E-state index is 12.4. The van der Waals surface area contributed by atoms with Crippen molar-refractivity contribution in [3.05, 3.63) is 0 Å². The van der Waals surface area contributed by atoms with Gasteiger partial charge in [-0.15, -0.1) is 0 Å². The van der Waals surface area contributed by atoms with E-state index in [2.05, 4.69) is 15.1 Å². The van der Waals surface area contributed by atoms with E-state index < -0.39 is 0 Å². The van der Waals surface area contributed by atoms with E-state index in [1.807, 2.05) is 25.6 Å². The highest BCUT2D eigenvalue weighted by atomic mass is 32.2. The molecule has 20 heavy (non-hydrogen) atoms. The fourth-order valence-electron chi connectivity index (χ4n) is 2.66. The summed E-state index contributed by atoms with van der Waals surface area (Å²) in [4.78, 5) is 16.9. The predicted molar refractivity (Wildman–Crippen MR) is 83.4 cm³/mol. The molecule has 2 fully saturated rings. The van der Waals surface area contributed by atoms with Crippen molar-refractivity contribution in [3.8, 4) is 0 Å². The van der Waals surface area contributed by atoms with E-state index in [4.69, 9.17) is 4.74 Å². The van der Waals surface area contributed by atoms with E-state index >= 15 is 0 Å². The lowest BCUT2D eigenvalue weighted by Crippen LogP contribution is -2.54. The second kappa shape index (κ2) is 8.10. The minimum Gasteiger partial charge on any atom is -0.379 e. The molecule has 1 N–H and O–H groups in total. The monoisotopic (exact) mass is 301 g/mol. The van der Waals surface area contributed by atoms with Gasteiger partial charge in [0.25, 0.3) is 0 Å². The summed E-state index contributed by atoms with van der Waals surface area (Å²) in [5, 5.41) is 3.04. The molecule has 1 atom stereocenters. The topological polar surface area (TPSA) is 44.8 Å². The molecule has 2 aliphatic rings. The van der Waals surface area contributed by atoms with Crippen molar-refractivity contribution in [3.63, 3.8) is 0 Å². The molecule has 0 spiro atoms. The number of urea groups is 1. The molecule has 0 saturated carbocycles. The summed E-state index contributed by atoms with van der Waals surface area (Å²) in [5.74, 6) is 2.20. The van der Waals surface area contributed by atoms with Crippen LogP contribution < -0.4 is 5.32 Å². The van der Waals surface area contributed by atoms with Crippen LogP contribution in [0.3, 0.4) is 0 Å². The zero-order valence-corrected chi connectivity index (χ0v) is 13.5. The van der Waals surface area contributed by atoms with Gasteiger partial charge >= 0.3 is 6.03 Å². The Balaban J connectivity index is 1.94. The zero-order chi connectivity index (χ0) is 14.4. The van der Waals surface area contributed by atoms with Gasteiger partial charge in [-0.25, -0.2) is 4.79 Å². The van der Waals surface area contributed by atoms with Crippen LogP contribution in [0.4, 0.5) is 4.79 Å². The highest BCUT2D eigenvalue weighted by Gasteiger charge is 2.28. The summed E-state index contributed by atoms with van der Waals surface area (Å²) >= 11 is 1.97. The van der Waals surface area contributed by atoms with Crippen LogP contribution in [0.15, 0.2) is 0 Å². The maximum Gasteiger partial charge on any atom is 0.317 e. The van der Waals surface area contributed by atoms with E-state index in [9.17, 15) is 4.79 Å². The van der Waals surface area contributed by atoms with Crippen LogP contribution in [0, 0.1) is 0 Å². The van der Waals surface area contributed by atoms with Crippen LogP contribution in [0.25, 0.3) is 0 Å². The van der Waals surface area contributed by atoms with Crippen molar-refractivity contribution in [2.75, 3.05) is 50.9 Å². The first-order valence-corrected chi connectivity index (χ1v) is 8.77. The molecule has 0 aromatic heterocycles. The van der Waals surface area contributed by atoms with Gasteiger partial charge in [0, 0.05) is 38.0 Å². The molecular weight excluding hydrogens is 274 g/mol. The fraction of sp³-hybridized carbons (Fsp3) is 0.929. The Kier molecular flexibility index (Phi) is 6.45. The Bertz CT molecular complexity index is 309. The second-order valence-corrected chi connectivity index (χ2v) is 6.94. The third kappa shape index (κ3) is 4.82. The lowest BCUT2D eigenvalue weighted by molar-refractivity contribution is 0.0283. The van der Waals surface area contributed by atoms with E-state index in [0.717, 1.165) is 57.3 Å². The summed E-state index contributed by atoms with van der Waals surface area (Å²) in [5.41, 5.74) is 0. The average molecular weight is 301 g/mol. The smallest absolute Gasteiger partial charge is 0.317 e. The highest BCUT2D eigenvalue weighted by molar-refractivity contribution is 7.99. The molecule has 2 heterocycles. The molecule has 0 aromatic rings. The van der Waals surface area contributed by atoms with Crippen molar-refractivity contribution in [2.24, 2.45) is 0 Å². The van der Waals surface area contributed by atoms with Gasteiger partial charge < -0.3 is 15.0 Å². The summed E-state index contributed by atoms with van der Waals surface area (Å²) in [6, 6.07) is 0.613. The molecule has 2 rings (SSSR count). The van der Waals surface area contributed by atoms with Crippen LogP contribution in [0.1, 0.15) is 20.3 Å². The summed E-state index contributed by atoms with van der Waals surface area (Å²) in [6.45, 7) is 9.49. The number of rotatable bonds is 3. The van der Waals surface area contributed by atoms with Gasteiger partial charge in [-0.1, -0.05) is 0 Å². The molecule has 5 nitrogen and oxygen atoms in total. The van der Waals surface area contributed by atoms with Gasteiger partial charge in [0.2, 0.25) is 0 Å². The molecule has 2 aliphatic heterocycles. The molecule has 2 saturated heterocycles. The molecule has 0 aromatic carbocycles. The Morgan fingerprint density at radius 3 is 2.80 bits per heavy atom. The van der Waals surface area contributed by atoms with Gasteiger partial charge in [0.1, 0.15) is 0 Å². The molecule has 0 radical (unpaired) electrons. The first kappa shape index (κ1) is 15.9. The number of ether oxygens (including phenoxy) is 1. The van der Waals surface area contributed by atoms with Crippen LogP contribution in [0.2, 0.25) is 0 Å². The summed E-state index contributed by atoms with van der Waals surface area (Å²) in [7, 11) is 0. The molecule has 0 aliphatic carbocycles. The Morgan fingerprint density at radius 1 is 1.35 bits per heavy atom.